The Morgan fingerprint density at radius 2 is 1.46 bits per heavy atom. The monoisotopic (exact) mass is 371 g/mol. The number of hydrogen-bond acceptors (Lipinski definition) is 5. The largest absolute Gasteiger partial charge is 0.382 e. The fourth-order valence-electron chi connectivity index (χ4n) is 4.34. The van der Waals surface area contributed by atoms with Crippen LogP contribution in [0.15, 0.2) is 0 Å². The molecule has 26 heavy (non-hydrogen) atoms. The van der Waals surface area contributed by atoms with Crippen molar-refractivity contribution in [1.82, 2.24) is 5.32 Å². The zero-order chi connectivity index (χ0) is 19.0. The van der Waals surface area contributed by atoms with Gasteiger partial charge in [-0.1, -0.05) is 13.8 Å². The highest BCUT2D eigenvalue weighted by atomic mass is 16.5. The van der Waals surface area contributed by atoms with Gasteiger partial charge in [0.05, 0.1) is 33.0 Å². The van der Waals surface area contributed by atoms with Crippen LogP contribution in [-0.4, -0.2) is 57.4 Å². The van der Waals surface area contributed by atoms with Crippen molar-refractivity contribution < 1.29 is 25.2 Å². The molecule has 0 aromatic heterocycles. The van der Waals surface area contributed by atoms with Crippen molar-refractivity contribution in [3.63, 3.8) is 0 Å². The highest BCUT2D eigenvalue weighted by molar-refractivity contribution is 5.87. The van der Waals surface area contributed by atoms with E-state index < -0.39 is 0 Å². The summed E-state index contributed by atoms with van der Waals surface area (Å²) in [4.78, 5) is 24.8. The van der Waals surface area contributed by atoms with Gasteiger partial charge in [0.1, 0.15) is 5.78 Å². The molecule has 0 aliphatic heterocycles. The lowest BCUT2D eigenvalue weighted by atomic mass is 9.54. The number of carbonyl (C=O) groups is 2. The van der Waals surface area contributed by atoms with Gasteiger partial charge in [0, 0.05) is 31.8 Å². The third kappa shape index (κ3) is 5.51. The number of hydrogen-bond donors (Lipinski definition) is 1. The molecule has 0 heterocycles. The minimum Gasteiger partial charge on any atom is -0.382 e. The van der Waals surface area contributed by atoms with Crippen molar-refractivity contribution in [3.05, 3.63) is 0 Å². The smallest absolute Gasteiger partial charge is 0.222 e. The molecule has 1 amide bonds. The third-order valence-corrected chi connectivity index (χ3v) is 5.98. The Kier molecular flexibility index (Phi) is 8.05. The van der Waals surface area contributed by atoms with Gasteiger partial charge in [-0.15, -0.1) is 0 Å². The Hall–Kier alpha value is -0.980. The fourth-order valence-corrected chi connectivity index (χ4v) is 4.34. The summed E-state index contributed by atoms with van der Waals surface area (Å²) in [5.41, 5.74) is -0.216. The second-order valence-electron chi connectivity index (χ2n) is 8.10. The van der Waals surface area contributed by atoms with Gasteiger partial charge in [0.2, 0.25) is 5.91 Å². The number of fused-ring (bicyclic) bond motifs is 3. The molecule has 0 aromatic carbocycles. The number of Topliss-reactive ketones (excluding diaryl/α,β-unsaturated/α-hetero) is 1. The Morgan fingerprint density at radius 3 is 2.00 bits per heavy atom. The molecule has 3 saturated carbocycles. The lowest BCUT2D eigenvalue weighted by molar-refractivity contribution is -0.140. The minimum absolute atomic E-state index is 0. The fraction of sp³-hybridized carbons (Fsp3) is 0.900. The van der Waals surface area contributed by atoms with Gasteiger partial charge in [-0.3, -0.25) is 9.59 Å². The predicted octanol–water partition coefficient (Wildman–Crippen LogP) is 2.74. The average Bonchev–Trinajstić information content (AvgIpc) is 2.64. The van der Waals surface area contributed by atoms with Crippen LogP contribution in [0.25, 0.3) is 0 Å². The highest BCUT2D eigenvalue weighted by Gasteiger charge is 2.52. The molecule has 0 atom stereocenters. The van der Waals surface area contributed by atoms with Gasteiger partial charge in [-0.05, 0) is 38.5 Å². The summed E-state index contributed by atoms with van der Waals surface area (Å²) in [6.07, 6.45) is 5.89. The van der Waals surface area contributed by atoms with Crippen LogP contribution >= 0.6 is 0 Å². The number of nitrogens with one attached hydrogen (secondary N) is 1. The maximum atomic E-state index is 12.6. The van der Waals surface area contributed by atoms with E-state index in [9.17, 15) is 9.59 Å². The van der Waals surface area contributed by atoms with Gasteiger partial charge in [-0.2, -0.15) is 0 Å². The van der Waals surface area contributed by atoms with Crippen LogP contribution in [0.5, 0.6) is 0 Å². The van der Waals surface area contributed by atoms with Crippen molar-refractivity contribution in [2.75, 3.05) is 40.1 Å². The summed E-state index contributed by atoms with van der Waals surface area (Å²) < 4.78 is 15.7. The standard InChI is InChI=1S/C20H35NO5.H2/c1-16(2)18(23)19-5-8-20(9-6-19,10-7-19)21-17(22)4-11-25-14-15-26-13-12-24-3;/h16H,4-15H2,1-3H3,(H,21,22);1H. The first-order valence-electron chi connectivity index (χ1n) is 9.93. The van der Waals surface area contributed by atoms with E-state index in [1.165, 1.54) is 0 Å². The van der Waals surface area contributed by atoms with Crippen LogP contribution in [0.1, 0.15) is 60.2 Å². The lowest BCUT2D eigenvalue weighted by Crippen LogP contribution is -2.58. The number of methoxy groups -OCH3 is 1. The van der Waals surface area contributed by atoms with Crippen LogP contribution in [0.3, 0.4) is 0 Å². The van der Waals surface area contributed by atoms with Crippen molar-refractivity contribution in [3.8, 4) is 0 Å². The van der Waals surface area contributed by atoms with Gasteiger partial charge in [0.25, 0.3) is 0 Å². The van der Waals surface area contributed by atoms with Gasteiger partial charge in [-0.25, -0.2) is 0 Å². The minimum atomic E-state index is -0.118. The van der Waals surface area contributed by atoms with Crippen molar-refractivity contribution in [1.29, 1.82) is 0 Å². The summed E-state index contributed by atoms with van der Waals surface area (Å²) in [6, 6.07) is 0. The quantitative estimate of drug-likeness (QED) is 0.534. The topological polar surface area (TPSA) is 73.9 Å². The summed E-state index contributed by atoms with van der Waals surface area (Å²) in [5.74, 6) is 0.568. The zero-order valence-electron chi connectivity index (χ0n) is 16.6. The highest BCUT2D eigenvalue weighted by Crippen LogP contribution is 2.53. The third-order valence-electron chi connectivity index (χ3n) is 5.98. The number of amides is 1. The van der Waals surface area contributed by atoms with Gasteiger partial charge in [0.15, 0.2) is 0 Å². The Labute approximate surface area is 158 Å². The number of rotatable bonds is 12. The van der Waals surface area contributed by atoms with Crippen molar-refractivity contribution in [2.45, 2.75) is 64.3 Å². The zero-order valence-corrected chi connectivity index (χ0v) is 16.6. The van der Waals surface area contributed by atoms with E-state index in [4.69, 9.17) is 14.2 Å². The summed E-state index contributed by atoms with van der Waals surface area (Å²) in [7, 11) is 1.64. The summed E-state index contributed by atoms with van der Waals surface area (Å²) in [6.45, 7) is 6.54. The van der Waals surface area contributed by atoms with E-state index >= 15 is 0 Å². The second kappa shape index (κ2) is 9.81. The molecule has 3 fully saturated rings. The SMILES string of the molecule is COCCOCCOCCC(=O)NC12CCC(C(=O)C(C)C)(CC1)CC2.[HH]. The maximum Gasteiger partial charge on any atom is 0.222 e. The first kappa shape index (κ1) is 21.3. The molecule has 0 spiro atoms. The summed E-state index contributed by atoms with van der Waals surface area (Å²) in [5, 5.41) is 3.25. The van der Waals surface area contributed by atoms with Crippen LogP contribution in [-0.2, 0) is 23.8 Å². The molecule has 0 saturated heterocycles. The number of ether oxygens (including phenoxy) is 3. The number of ketones is 1. The van der Waals surface area contributed by atoms with E-state index in [1.54, 1.807) is 7.11 Å². The normalized spacial score (nSPS) is 27.7. The molecule has 0 radical (unpaired) electrons. The van der Waals surface area contributed by atoms with E-state index in [0.717, 1.165) is 38.5 Å². The molecule has 3 rings (SSSR count). The van der Waals surface area contributed by atoms with Crippen LogP contribution < -0.4 is 5.32 Å². The van der Waals surface area contributed by atoms with Crippen LogP contribution in [0.2, 0.25) is 0 Å². The molecule has 152 valence electrons. The van der Waals surface area contributed by atoms with Crippen LogP contribution in [0.4, 0.5) is 0 Å². The van der Waals surface area contributed by atoms with E-state index in [2.05, 4.69) is 5.32 Å². The molecule has 0 aromatic rings. The van der Waals surface area contributed by atoms with Gasteiger partial charge >= 0.3 is 0 Å². The van der Waals surface area contributed by atoms with Crippen LogP contribution in [0, 0.1) is 11.3 Å². The average molecular weight is 372 g/mol. The molecule has 0 unspecified atom stereocenters. The molecular formula is C20H37NO5. The van der Waals surface area contributed by atoms with E-state index in [0.29, 0.717) is 45.2 Å². The van der Waals surface area contributed by atoms with Crippen molar-refractivity contribution in [2.24, 2.45) is 11.3 Å². The van der Waals surface area contributed by atoms with E-state index in [-0.39, 0.29) is 24.2 Å². The Bertz CT molecular complexity index is 458. The lowest BCUT2D eigenvalue weighted by Gasteiger charge is -2.53. The maximum absolute atomic E-state index is 12.6. The first-order valence-corrected chi connectivity index (χ1v) is 9.93. The molecule has 6 heteroatoms. The Morgan fingerprint density at radius 1 is 0.923 bits per heavy atom. The number of carbonyl (C=O) groups excluding carboxylic acids is 2. The predicted molar refractivity (Wildman–Crippen MR) is 101 cm³/mol. The second-order valence-corrected chi connectivity index (χ2v) is 8.10. The van der Waals surface area contributed by atoms with Crippen molar-refractivity contribution >= 4 is 11.7 Å². The molecule has 3 aliphatic rings. The molecule has 3 aliphatic carbocycles. The first-order chi connectivity index (χ1) is 12.4. The molecular weight excluding hydrogens is 334 g/mol. The molecule has 1 N–H and O–H groups in total. The summed E-state index contributed by atoms with van der Waals surface area (Å²) >= 11 is 0. The molecule has 6 nitrogen and oxygen atoms in total. The molecule has 2 bridgehead atoms. The Balaban J connectivity index is 0.00000364. The van der Waals surface area contributed by atoms with Gasteiger partial charge < -0.3 is 19.5 Å². The van der Waals surface area contributed by atoms with E-state index in [1.807, 2.05) is 13.8 Å².